The minimum Gasteiger partial charge on any atom is -0.369 e. The third-order valence-corrected chi connectivity index (χ3v) is 6.24. The molecule has 1 aromatic rings. The average Bonchev–Trinajstić information content (AvgIpc) is 2.94. The third-order valence-electron chi connectivity index (χ3n) is 4.23. The van der Waals surface area contributed by atoms with Crippen LogP contribution in [-0.4, -0.2) is 25.3 Å². The molecule has 2 nitrogen and oxygen atoms in total. The fourth-order valence-corrected chi connectivity index (χ4v) is 4.72. The Balaban J connectivity index is 1.96. The van der Waals surface area contributed by atoms with Gasteiger partial charge in [0, 0.05) is 6.54 Å². The number of rotatable bonds is 2. The van der Waals surface area contributed by atoms with E-state index < -0.39 is 8.24 Å². The molecule has 0 aromatic heterocycles. The summed E-state index contributed by atoms with van der Waals surface area (Å²) in [6.45, 7) is 7.76. The maximum absolute atomic E-state index is 12.7. The molecule has 0 N–H and O–H groups in total. The van der Waals surface area contributed by atoms with Crippen LogP contribution in [0.25, 0.3) is 0 Å². The van der Waals surface area contributed by atoms with E-state index in [0.29, 0.717) is 11.8 Å². The first-order valence-corrected chi connectivity index (χ1v) is 9.78. The Morgan fingerprint density at radius 3 is 2.41 bits per heavy atom. The van der Waals surface area contributed by atoms with Crippen molar-refractivity contribution in [2.45, 2.75) is 31.5 Å². The Hall–Kier alpha value is -1.09. The van der Waals surface area contributed by atoms with Gasteiger partial charge in [0.1, 0.15) is 0 Å². The first kappa shape index (κ1) is 11.0. The molecule has 3 rings (SSSR count). The van der Waals surface area contributed by atoms with Crippen LogP contribution in [0.5, 0.6) is 0 Å². The summed E-state index contributed by atoms with van der Waals surface area (Å²) in [6, 6.07) is 10.3. The largest absolute Gasteiger partial charge is 0.369 e. The van der Waals surface area contributed by atoms with Gasteiger partial charge in [-0.1, -0.05) is 50.0 Å². The van der Waals surface area contributed by atoms with Crippen molar-refractivity contribution >= 4 is 14.1 Å². The van der Waals surface area contributed by atoms with Gasteiger partial charge in [-0.25, -0.2) is 0 Å². The predicted octanol–water partition coefficient (Wildman–Crippen LogP) is 2.62. The molecule has 1 aromatic carbocycles. The van der Waals surface area contributed by atoms with Crippen molar-refractivity contribution in [3.8, 4) is 0 Å². The van der Waals surface area contributed by atoms with Crippen LogP contribution in [0.1, 0.15) is 12.0 Å². The summed E-state index contributed by atoms with van der Waals surface area (Å²) < 4.78 is 2.19. The Labute approximate surface area is 104 Å². The zero-order chi connectivity index (χ0) is 12.3. The van der Waals surface area contributed by atoms with Gasteiger partial charge in [-0.2, -0.15) is 0 Å². The van der Waals surface area contributed by atoms with Crippen LogP contribution >= 0.6 is 0 Å². The van der Waals surface area contributed by atoms with Gasteiger partial charge in [0.05, 0.1) is 5.41 Å². The lowest BCUT2D eigenvalue weighted by molar-refractivity contribution is -0.127. The maximum Gasteiger partial charge on any atom is 0.225 e. The van der Waals surface area contributed by atoms with Crippen molar-refractivity contribution in [2.24, 2.45) is 5.92 Å². The Bertz CT molecular complexity index is 465. The molecule has 90 valence electrons. The van der Waals surface area contributed by atoms with E-state index in [9.17, 15) is 4.79 Å². The first-order valence-electron chi connectivity index (χ1n) is 6.34. The number of carbonyl (C=O) groups excluding carboxylic acids is 1. The molecule has 1 heterocycles. The highest BCUT2D eigenvalue weighted by Gasteiger charge is 2.68. The standard InChI is InChI=1S/C14H19NOSi/c1-17(2,3)15-10-12-9-14(12,13(15)16)11-7-5-4-6-8-11/h4-8,12H,9-10H2,1-3H3. The monoisotopic (exact) mass is 245 g/mol. The smallest absolute Gasteiger partial charge is 0.225 e. The van der Waals surface area contributed by atoms with Crippen molar-refractivity contribution in [3.05, 3.63) is 35.9 Å². The quantitative estimate of drug-likeness (QED) is 0.734. The van der Waals surface area contributed by atoms with E-state index in [-0.39, 0.29) is 5.41 Å². The topological polar surface area (TPSA) is 20.3 Å². The molecule has 2 atom stereocenters. The molecule has 1 saturated heterocycles. The summed E-state index contributed by atoms with van der Waals surface area (Å²) in [5, 5.41) is 0. The van der Waals surface area contributed by atoms with Crippen LogP contribution in [0.4, 0.5) is 0 Å². The van der Waals surface area contributed by atoms with Crippen LogP contribution in [-0.2, 0) is 10.2 Å². The average molecular weight is 245 g/mol. The molecule has 0 spiro atoms. The van der Waals surface area contributed by atoms with Crippen LogP contribution in [0.3, 0.4) is 0 Å². The molecular weight excluding hydrogens is 226 g/mol. The molecule has 2 unspecified atom stereocenters. The second kappa shape index (κ2) is 3.22. The van der Waals surface area contributed by atoms with Crippen molar-refractivity contribution < 1.29 is 4.79 Å². The molecule has 2 aliphatic rings. The number of piperidine rings is 1. The minimum atomic E-state index is -1.49. The molecule has 1 aliphatic carbocycles. The highest BCUT2D eigenvalue weighted by atomic mass is 28.3. The zero-order valence-corrected chi connectivity index (χ0v) is 11.7. The lowest BCUT2D eigenvalue weighted by Gasteiger charge is -2.32. The molecule has 1 saturated carbocycles. The summed E-state index contributed by atoms with van der Waals surface area (Å²) in [4.78, 5) is 12.7. The van der Waals surface area contributed by atoms with Gasteiger partial charge in [0.25, 0.3) is 0 Å². The third kappa shape index (κ3) is 1.41. The Kier molecular flexibility index (Phi) is 2.09. The lowest BCUT2D eigenvalue weighted by Crippen LogP contribution is -2.50. The second-order valence-corrected chi connectivity index (χ2v) is 11.2. The summed E-state index contributed by atoms with van der Waals surface area (Å²) in [5.74, 6) is 0.969. The van der Waals surface area contributed by atoms with Gasteiger partial charge in [0.2, 0.25) is 5.91 Å². The number of hydrogen-bond donors (Lipinski definition) is 0. The van der Waals surface area contributed by atoms with Crippen molar-refractivity contribution in [1.29, 1.82) is 0 Å². The number of fused-ring (bicyclic) bond motifs is 1. The second-order valence-electron chi connectivity index (χ2n) is 6.33. The zero-order valence-electron chi connectivity index (χ0n) is 10.7. The summed E-state index contributed by atoms with van der Waals surface area (Å²) in [7, 11) is -1.49. The SMILES string of the molecule is C[Si](C)(C)N1CC2CC2(c2ccccc2)C1=O. The van der Waals surface area contributed by atoms with Crippen molar-refractivity contribution in [1.82, 2.24) is 4.57 Å². The van der Waals surface area contributed by atoms with Crippen LogP contribution in [0.2, 0.25) is 19.6 Å². The number of carbonyl (C=O) groups is 1. The van der Waals surface area contributed by atoms with Gasteiger partial charge in [-0.05, 0) is 17.9 Å². The lowest BCUT2D eigenvalue weighted by atomic mass is 9.94. The molecule has 3 heteroatoms. The van der Waals surface area contributed by atoms with E-state index in [1.54, 1.807) is 0 Å². The number of hydrogen-bond acceptors (Lipinski definition) is 1. The van der Waals surface area contributed by atoms with Crippen LogP contribution in [0.15, 0.2) is 30.3 Å². The van der Waals surface area contributed by atoms with Gasteiger partial charge >= 0.3 is 0 Å². The predicted molar refractivity (Wildman–Crippen MR) is 71.3 cm³/mol. The molecule has 17 heavy (non-hydrogen) atoms. The van der Waals surface area contributed by atoms with Crippen molar-refractivity contribution in [3.63, 3.8) is 0 Å². The summed E-state index contributed by atoms with van der Waals surface area (Å²) in [5.41, 5.74) is 1.09. The van der Waals surface area contributed by atoms with Gasteiger partial charge in [-0.3, -0.25) is 4.79 Å². The number of amides is 1. The number of benzene rings is 1. The molecular formula is C14H19NOSi. The molecule has 0 bridgehead atoms. The highest BCUT2D eigenvalue weighted by Crippen LogP contribution is 2.60. The van der Waals surface area contributed by atoms with E-state index in [0.717, 1.165) is 13.0 Å². The van der Waals surface area contributed by atoms with Gasteiger partial charge in [0.15, 0.2) is 8.24 Å². The van der Waals surface area contributed by atoms with E-state index in [1.807, 2.05) is 18.2 Å². The van der Waals surface area contributed by atoms with Crippen molar-refractivity contribution in [2.75, 3.05) is 6.54 Å². The van der Waals surface area contributed by atoms with Gasteiger partial charge < -0.3 is 4.57 Å². The number of nitrogens with zero attached hydrogens (tertiary/aromatic N) is 1. The maximum atomic E-state index is 12.7. The first-order chi connectivity index (χ1) is 7.96. The van der Waals surface area contributed by atoms with Crippen LogP contribution < -0.4 is 0 Å². The summed E-state index contributed by atoms with van der Waals surface area (Å²) in [6.07, 6.45) is 1.07. The molecule has 2 fully saturated rings. The fourth-order valence-electron chi connectivity index (χ4n) is 3.15. The minimum absolute atomic E-state index is 0.137. The Morgan fingerprint density at radius 2 is 1.88 bits per heavy atom. The molecule has 1 amide bonds. The highest BCUT2D eigenvalue weighted by molar-refractivity contribution is 6.75. The Morgan fingerprint density at radius 1 is 1.24 bits per heavy atom. The normalized spacial score (nSPS) is 31.6. The van der Waals surface area contributed by atoms with E-state index in [4.69, 9.17) is 0 Å². The fraction of sp³-hybridized carbons (Fsp3) is 0.500. The molecule has 1 aliphatic heterocycles. The van der Waals surface area contributed by atoms with Gasteiger partial charge in [-0.15, -0.1) is 0 Å². The van der Waals surface area contributed by atoms with E-state index in [1.165, 1.54) is 5.56 Å². The molecule has 0 radical (unpaired) electrons. The summed E-state index contributed by atoms with van der Waals surface area (Å²) >= 11 is 0. The van der Waals surface area contributed by atoms with E-state index >= 15 is 0 Å². The van der Waals surface area contributed by atoms with E-state index in [2.05, 4.69) is 36.3 Å². The van der Waals surface area contributed by atoms with Crippen LogP contribution in [0, 0.1) is 5.92 Å².